The number of aryl methyl sites for hydroxylation is 2. The average molecular weight is 375 g/mol. The van der Waals surface area contributed by atoms with Gasteiger partial charge in [-0.25, -0.2) is 9.67 Å². The van der Waals surface area contributed by atoms with Crippen LogP contribution in [0, 0.1) is 0 Å². The standard InChI is InChI=1S/C22H25N5O/c1-16(17-7-10-21(11-8-17)27-15-23-14-24-27)26(2)13-22(28)25-20-9-6-18-4-3-5-19(18)12-20/h6-12,14-16H,3-5,13H2,1-2H3,(H,25,28)/t16-/m1/s1. The minimum Gasteiger partial charge on any atom is -0.325 e. The van der Waals surface area contributed by atoms with Crippen LogP contribution in [0.1, 0.15) is 36.1 Å². The summed E-state index contributed by atoms with van der Waals surface area (Å²) in [7, 11) is 1.97. The third-order valence-corrected chi connectivity index (χ3v) is 5.50. The molecule has 1 aliphatic carbocycles. The van der Waals surface area contributed by atoms with E-state index < -0.39 is 0 Å². The van der Waals surface area contributed by atoms with Crippen molar-refractivity contribution in [3.63, 3.8) is 0 Å². The lowest BCUT2D eigenvalue weighted by atomic mass is 10.1. The van der Waals surface area contributed by atoms with Crippen LogP contribution in [0.2, 0.25) is 0 Å². The Kier molecular flexibility index (Phi) is 5.21. The van der Waals surface area contributed by atoms with Gasteiger partial charge >= 0.3 is 0 Å². The highest BCUT2D eigenvalue weighted by molar-refractivity contribution is 5.92. The average Bonchev–Trinajstić information content (AvgIpc) is 3.39. The van der Waals surface area contributed by atoms with Gasteiger partial charge in [-0.3, -0.25) is 9.69 Å². The van der Waals surface area contributed by atoms with Crippen molar-refractivity contribution < 1.29 is 4.79 Å². The zero-order valence-electron chi connectivity index (χ0n) is 16.3. The van der Waals surface area contributed by atoms with Gasteiger partial charge in [0, 0.05) is 11.7 Å². The van der Waals surface area contributed by atoms with E-state index in [1.807, 2.05) is 30.1 Å². The van der Waals surface area contributed by atoms with E-state index in [2.05, 4.69) is 46.6 Å². The lowest BCUT2D eigenvalue weighted by Crippen LogP contribution is -2.32. The summed E-state index contributed by atoms with van der Waals surface area (Å²) in [5.41, 5.74) is 5.79. The summed E-state index contributed by atoms with van der Waals surface area (Å²) in [6.07, 6.45) is 6.67. The molecule has 0 aliphatic heterocycles. The molecule has 0 saturated carbocycles. The summed E-state index contributed by atoms with van der Waals surface area (Å²) in [5.74, 6) is 0.00605. The van der Waals surface area contributed by atoms with E-state index in [4.69, 9.17) is 0 Å². The monoisotopic (exact) mass is 375 g/mol. The van der Waals surface area contributed by atoms with Gasteiger partial charge < -0.3 is 5.32 Å². The molecule has 28 heavy (non-hydrogen) atoms. The molecule has 0 fully saturated rings. The van der Waals surface area contributed by atoms with Crippen molar-refractivity contribution in [3.05, 3.63) is 71.8 Å². The van der Waals surface area contributed by atoms with Crippen LogP contribution < -0.4 is 5.32 Å². The fourth-order valence-corrected chi connectivity index (χ4v) is 3.72. The highest BCUT2D eigenvalue weighted by Crippen LogP contribution is 2.25. The molecule has 1 amide bonds. The Morgan fingerprint density at radius 1 is 1.18 bits per heavy atom. The van der Waals surface area contributed by atoms with E-state index in [1.165, 1.54) is 23.9 Å². The quantitative estimate of drug-likeness (QED) is 0.717. The van der Waals surface area contributed by atoms with E-state index >= 15 is 0 Å². The molecule has 1 aromatic heterocycles. The summed E-state index contributed by atoms with van der Waals surface area (Å²) in [6.45, 7) is 2.44. The van der Waals surface area contributed by atoms with Gasteiger partial charge in [-0.2, -0.15) is 5.10 Å². The maximum Gasteiger partial charge on any atom is 0.238 e. The molecular weight excluding hydrogens is 350 g/mol. The van der Waals surface area contributed by atoms with Crippen LogP contribution in [0.5, 0.6) is 0 Å². The largest absolute Gasteiger partial charge is 0.325 e. The number of nitrogens with zero attached hydrogens (tertiary/aromatic N) is 4. The van der Waals surface area contributed by atoms with Crippen LogP contribution in [-0.4, -0.2) is 39.2 Å². The molecule has 6 nitrogen and oxygen atoms in total. The molecule has 1 atom stereocenters. The summed E-state index contributed by atoms with van der Waals surface area (Å²) < 4.78 is 1.72. The third kappa shape index (κ3) is 3.97. The van der Waals surface area contributed by atoms with Crippen molar-refractivity contribution in [1.29, 1.82) is 0 Å². The third-order valence-electron chi connectivity index (χ3n) is 5.50. The minimum atomic E-state index is 0.00605. The Morgan fingerprint density at radius 3 is 2.71 bits per heavy atom. The van der Waals surface area contributed by atoms with Gasteiger partial charge in [0.25, 0.3) is 0 Å². The van der Waals surface area contributed by atoms with Crippen molar-refractivity contribution in [3.8, 4) is 5.69 Å². The van der Waals surface area contributed by atoms with Gasteiger partial charge in [0.1, 0.15) is 12.7 Å². The van der Waals surface area contributed by atoms with Gasteiger partial charge in [0.05, 0.1) is 12.2 Å². The maximum absolute atomic E-state index is 12.5. The zero-order chi connectivity index (χ0) is 19.5. The highest BCUT2D eigenvalue weighted by Gasteiger charge is 2.16. The summed E-state index contributed by atoms with van der Waals surface area (Å²) in [5, 5.41) is 7.18. The van der Waals surface area contributed by atoms with E-state index in [0.717, 1.165) is 29.8 Å². The number of hydrogen-bond acceptors (Lipinski definition) is 4. The van der Waals surface area contributed by atoms with Crippen molar-refractivity contribution in [2.45, 2.75) is 32.2 Å². The number of carbonyl (C=O) groups is 1. The van der Waals surface area contributed by atoms with E-state index in [1.54, 1.807) is 11.0 Å². The van der Waals surface area contributed by atoms with Gasteiger partial charge in [0.2, 0.25) is 5.91 Å². The topological polar surface area (TPSA) is 63.1 Å². The van der Waals surface area contributed by atoms with E-state index in [-0.39, 0.29) is 11.9 Å². The Balaban J connectivity index is 1.36. The van der Waals surface area contributed by atoms with Crippen molar-refractivity contribution in [1.82, 2.24) is 19.7 Å². The number of anilines is 1. The Morgan fingerprint density at radius 2 is 1.96 bits per heavy atom. The smallest absolute Gasteiger partial charge is 0.238 e. The first kappa shape index (κ1) is 18.4. The number of hydrogen-bond donors (Lipinski definition) is 1. The maximum atomic E-state index is 12.5. The van der Waals surface area contributed by atoms with Gasteiger partial charge in [-0.05, 0) is 74.2 Å². The fraction of sp³-hybridized carbons (Fsp3) is 0.318. The number of amides is 1. The van der Waals surface area contributed by atoms with Crippen LogP contribution in [-0.2, 0) is 17.6 Å². The second-order valence-electron chi connectivity index (χ2n) is 7.41. The normalized spacial score (nSPS) is 14.1. The van der Waals surface area contributed by atoms with E-state index in [0.29, 0.717) is 6.54 Å². The molecular formula is C22H25N5O. The van der Waals surface area contributed by atoms with Crippen LogP contribution in [0.3, 0.4) is 0 Å². The van der Waals surface area contributed by atoms with Gasteiger partial charge in [-0.1, -0.05) is 18.2 Å². The number of rotatable bonds is 6. The Bertz CT molecular complexity index is 950. The number of fused-ring (bicyclic) bond motifs is 1. The van der Waals surface area contributed by atoms with Crippen LogP contribution in [0.25, 0.3) is 5.69 Å². The number of likely N-dealkylation sites (N-methyl/N-ethyl adjacent to an activating group) is 1. The Labute approximate surface area is 165 Å². The van der Waals surface area contributed by atoms with Crippen LogP contribution >= 0.6 is 0 Å². The number of nitrogens with one attached hydrogen (secondary N) is 1. The first-order chi connectivity index (χ1) is 13.6. The van der Waals surface area contributed by atoms with E-state index in [9.17, 15) is 4.79 Å². The lowest BCUT2D eigenvalue weighted by molar-refractivity contribution is -0.117. The highest BCUT2D eigenvalue weighted by atomic mass is 16.2. The molecule has 0 bridgehead atoms. The van der Waals surface area contributed by atoms with Gasteiger partial charge in [0.15, 0.2) is 0 Å². The summed E-state index contributed by atoms with van der Waals surface area (Å²) in [6, 6.07) is 14.5. The second kappa shape index (κ2) is 7.94. The first-order valence-electron chi connectivity index (χ1n) is 9.67. The first-order valence-corrected chi connectivity index (χ1v) is 9.67. The molecule has 1 heterocycles. The van der Waals surface area contributed by atoms with Crippen LogP contribution in [0.15, 0.2) is 55.1 Å². The molecule has 144 valence electrons. The van der Waals surface area contributed by atoms with Crippen molar-refractivity contribution in [2.24, 2.45) is 0 Å². The minimum absolute atomic E-state index is 0.00605. The molecule has 0 radical (unpaired) electrons. The number of carbonyl (C=O) groups excluding carboxylic acids is 1. The molecule has 1 aliphatic rings. The Hall–Kier alpha value is -2.99. The number of benzene rings is 2. The molecule has 6 heteroatoms. The molecule has 3 aromatic rings. The summed E-state index contributed by atoms with van der Waals surface area (Å²) in [4.78, 5) is 18.5. The predicted octanol–water partition coefficient (Wildman–Crippen LogP) is 3.39. The molecule has 0 saturated heterocycles. The molecule has 1 N–H and O–H groups in total. The lowest BCUT2D eigenvalue weighted by Gasteiger charge is -2.24. The van der Waals surface area contributed by atoms with Gasteiger partial charge in [-0.15, -0.1) is 0 Å². The fourth-order valence-electron chi connectivity index (χ4n) is 3.72. The summed E-state index contributed by atoms with van der Waals surface area (Å²) >= 11 is 0. The second-order valence-corrected chi connectivity index (χ2v) is 7.41. The zero-order valence-corrected chi connectivity index (χ0v) is 16.3. The molecule has 4 rings (SSSR count). The molecule has 0 unspecified atom stereocenters. The predicted molar refractivity (Wildman–Crippen MR) is 110 cm³/mol. The SMILES string of the molecule is C[C@H](c1ccc(-n2cncn2)cc1)N(C)CC(=O)Nc1ccc2c(c1)CCC2. The number of aromatic nitrogens is 3. The van der Waals surface area contributed by atoms with Crippen LogP contribution in [0.4, 0.5) is 5.69 Å². The molecule has 2 aromatic carbocycles. The molecule has 0 spiro atoms. The van der Waals surface area contributed by atoms with Crippen molar-refractivity contribution in [2.75, 3.05) is 18.9 Å². The van der Waals surface area contributed by atoms with Crippen molar-refractivity contribution >= 4 is 11.6 Å².